The number of amides is 1. The lowest BCUT2D eigenvalue weighted by atomic mass is 9.97. The normalized spacial score (nSPS) is 16.3. The van der Waals surface area contributed by atoms with E-state index in [9.17, 15) is 4.79 Å². The van der Waals surface area contributed by atoms with Crippen molar-refractivity contribution in [3.8, 4) is 10.6 Å². The largest absolute Gasteiger partial charge is 0.445 e. The van der Waals surface area contributed by atoms with Crippen LogP contribution in [0.4, 0.5) is 0 Å². The molecule has 1 aromatic carbocycles. The van der Waals surface area contributed by atoms with E-state index in [2.05, 4.69) is 15.0 Å². The highest BCUT2D eigenvalue weighted by atomic mass is 35.5. The van der Waals surface area contributed by atoms with Crippen molar-refractivity contribution in [3.05, 3.63) is 88.3 Å². The van der Waals surface area contributed by atoms with Gasteiger partial charge in [0.1, 0.15) is 5.76 Å². The Labute approximate surface area is 194 Å². The number of hydrogen-bond acceptors (Lipinski definition) is 6. The molecular formula is C24H21ClN4O2S. The first-order valence-electron chi connectivity index (χ1n) is 10.5. The zero-order valence-electron chi connectivity index (χ0n) is 17.3. The number of aromatic nitrogens is 3. The lowest BCUT2D eigenvalue weighted by Crippen LogP contribution is -2.39. The summed E-state index contributed by atoms with van der Waals surface area (Å²) >= 11 is 7.45. The van der Waals surface area contributed by atoms with Crippen molar-refractivity contribution in [2.45, 2.75) is 25.2 Å². The molecule has 0 spiro atoms. The van der Waals surface area contributed by atoms with E-state index >= 15 is 0 Å². The zero-order valence-corrected chi connectivity index (χ0v) is 18.9. The molecule has 0 bridgehead atoms. The van der Waals surface area contributed by atoms with E-state index in [1.165, 1.54) is 11.3 Å². The molecule has 0 aliphatic carbocycles. The number of nitrogens with zero attached hydrogens (tertiary/aromatic N) is 4. The lowest BCUT2D eigenvalue weighted by molar-refractivity contribution is 0.0698. The van der Waals surface area contributed by atoms with E-state index in [-0.39, 0.29) is 11.8 Å². The summed E-state index contributed by atoms with van der Waals surface area (Å²) in [5.74, 6) is 1.57. The molecule has 1 saturated heterocycles. The van der Waals surface area contributed by atoms with Crippen LogP contribution in [0.3, 0.4) is 0 Å². The molecule has 6 nitrogen and oxygen atoms in total. The van der Waals surface area contributed by atoms with Gasteiger partial charge in [0, 0.05) is 36.9 Å². The third-order valence-electron chi connectivity index (χ3n) is 5.62. The van der Waals surface area contributed by atoms with Crippen LogP contribution < -0.4 is 0 Å². The number of likely N-dealkylation sites (tertiary alicyclic amines) is 1. The molecule has 1 atom stereocenters. The molecule has 1 amide bonds. The molecule has 1 fully saturated rings. The predicted octanol–water partition coefficient (Wildman–Crippen LogP) is 5.46. The maximum atomic E-state index is 13.4. The van der Waals surface area contributed by atoms with Gasteiger partial charge in [-0.2, -0.15) is 0 Å². The Kier molecular flexibility index (Phi) is 6.01. The van der Waals surface area contributed by atoms with Crippen LogP contribution in [0.1, 0.15) is 46.3 Å². The Morgan fingerprint density at radius 2 is 2.06 bits per heavy atom. The summed E-state index contributed by atoms with van der Waals surface area (Å²) in [6, 6.07) is 11.4. The van der Waals surface area contributed by atoms with Crippen LogP contribution in [0, 0.1) is 0 Å². The number of hydrogen-bond donors (Lipinski definition) is 0. The third kappa shape index (κ3) is 4.45. The number of carbonyl (C=O) groups is 1. The minimum atomic E-state index is -0.0147. The summed E-state index contributed by atoms with van der Waals surface area (Å²) in [6.45, 7) is 1.29. The second-order valence-corrected chi connectivity index (χ2v) is 9.15. The first-order valence-corrected chi connectivity index (χ1v) is 11.8. The Morgan fingerprint density at radius 1 is 1.19 bits per heavy atom. The molecule has 0 radical (unpaired) electrons. The summed E-state index contributed by atoms with van der Waals surface area (Å²) < 4.78 is 6.07. The molecular weight excluding hydrogens is 444 g/mol. The fourth-order valence-corrected chi connectivity index (χ4v) is 4.79. The number of halogens is 1. The fourth-order valence-electron chi connectivity index (χ4n) is 4.04. The standard InChI is InChI=1S/C24H21ClN4O2S/c25-18-7-5-16(6-8-18)11-19-12-28-23(31-19)17-3-2-10-29(14-17)24(30)20-4-1-9-27-22(20)21-13-26-15-32-21/h1,4-9,12-13,15,17H,2-3,10-11,14H2/t17-/m1/s1. The first kappa shape index (κ1) is 20.8. The van der Waals surface area contributed by atoms with Crippen LogP contribution in [0.5, 0.6) is 0 Å². The van der Waals surface area contributed by atoms with Gasteiger partial charge in [0.25, 0.3) is 5.91 Å². The molecule has 3 aromatic heterocycles. The van der Waals surface area contributed by atoms with Crippen LogP contribution in [-0.2, 0) is 6.42 Å². The molecule has 4 aromatic rings. The molecule has 32 heavy (non-hydrogen) atoms. The molecule has 5 rings (SSSR count). The Balaban J connectivity index is 1.31. The van der Waals surface area contributed by atoms with Crippen LogP contribution >= 0.6 is 22.9 Å². The van der Waals surface area contributed by atoms with Gasteiger partial charge in [-0.05, 0) is 42.7 Å². The molecule has 8 heteroatoms. The average Bonchev–Trinajstić information content (AvgIpc) is 3.53. The van der Waals surface area contributed by atoms with Gasteiger partial charge >= 0.3 is 0 Å². The lowest BCUT2D eigenvalue weighted by Gasteiger charge is -2.31. The number of thiazole rings is 1. The number of rotatable bonds is 5. The van der Waals surface area contributed by atoms with E-state index in [1.807, 2.05) is 35.2 Å². The fraction of sp³-hybridized carbons (Fsp3) is 0.250. The number of carbonyl (C=O) groups excluding carboxylic acids is 1. The number of benzene rings is 1. The van der Waals surface area contributed by atoms with E-state index in [4.69, 9.17) is 16.0 Å². The number of oxazole rings is 1. The van der Waals surface area contributed by atoms with Crippen molar-refractivity contribution in [3.63, 3.8) is 0 Å². The Bertz CT molecular complexity index is 1210. The topological polar surface area (TPSA) is 72.1 Å². The van der Waals surface area contributed by atoms with E-state index in [0.717, 1.165) is 29.0 Å². The monoisotopic (exact) mass is 464 g/mol. The molecule has 0 unspecified atom stereocenters. The van der Waals surface area contributed by atoms with Gasteiger partial charge in [-0.3, -0.25) is 14.8 Å². The maximum Gasteiger partial charge on any atom is 0.256 e. The van der Waals surface area contributed by atoms with Crippen molar-refractivity contribution < 1.29 is 9.21 Å². The zero-order chi connectivity index (χ0) is 21.9. The average molecular weight is 465 g/mol. The maximum absolute atomic E-state index is 13.4. The van der Waals surface area contributed by atoms with Crippen molar-refractivity contribution >= 4 is 28.8 Å². The van der Waals surface area contributed by atoms with Gasteiger partial charge in [0.15, 0.2) is 5.89 Å². The van der Waals surface area contributed by atoms with E-state index in [0.29, 0.717) is 41.7 Å². The SMILES string of the molecule is O=C(c1cccnc1-c1cncs1)N1CCC[C@@H](c2ncc(Cc3ccc(Cl)cc3)o2)C1. The molecule has 0 N–H and O–H groups in total. The highest BCUT2D eigenvalue weighted by Crippen LogP contribution is 2.30. The molecule has 4 heterocycles. The van der Waals surface area contributed by atoms with Gasteiger partial charge in [-0.25, -0.2) is 4.98 Å². The summed E-state index contributed by atoms with van der Waals surface area (Å²) in [7, 11) is 0. The molecule has 1 aliphatic heterocycles. The number of pyridine rings is 1. The minimum Gasteiger partial charge on any atom is -0.445 e. The van der Waals surface area contributed by atoms with Crippen molar-refractivity contribution in [1.82, 2.24) is 19.9 Å². The summed E-state index contributed by atoms with van der Waals surface area (Å²) in [4.78, 5) is 29.3. The number of piperidine rings is 1. The van der Waals surface area contributed by atoms with Crippen LogP contribution in [0.2, 0.25) is 5.02 Å². The Hall–Kier alpha value is -3.03. The summed E-state index contributed by atoms with van der Waals surface area (Å²) in [5.41, 5.74) is 4.15. The first-order chi connectivity index (χ1) is 15.7. The van der Waals surface area contributed by atoms with E-state index < -0.39 is 0 Å². The second-order valence-electron chi connectivity index (χ2n) is 7.82. The quantitative estimate of drug-likeness (QED) is 0.392. The molecule has 0 saturated carbocycles. The highest BCUT2D eigenvalue weighted by molar-refractivity contribution is 7.13. The van der Waals surface area contributed by atoms with Crippen LogP contribution in [0.15, 0.2) is 64.9 Å². The molecule has 162 valence electrons. The third-order valence-corrected chi connectivity index (χ3v) is 6.66. The van der Waals surface area contributed by atoms with Gasteiger partial charge in [-0.1, -0.05) is 23.7 Å². The van der Waals surface area contributed by atoms with Gasteiger partial charge in [0.05, 0.1) is 33.8 Å². The summed E-state index contributed by atoms with van der Waals surface area (Å²) in [5, 5.41) is 0.714. The van der Waals surface area contributed by atoms with Gasteiger partial charge < -0.3 is 9.32 Å². The van der Waals surface area contributed by atoms with Crippen LogP contribution in [0.25, 0.3) is 10.6 Å². The predicted molar refractivity (Wildman–Crippen MR) is 124 cm³/mol. The van der Waals surface area contributed by atoms with Crippen molar-refractivity contribution in [1.29, 1.82) is 0 Å². The van der Waals surface area contributed by atoms with Gasteiger partial charge in [0.2, 0.25) is 0 Å². The minimum absolute atomic E-state index is 0.0147. The van der Waals surface area contributed by atoms with Crippen molar-refractivity contribution in [2.75, 3.05) is 13.1 Å². The van der Waals surface area contributed by atoms with E-state index in [1.54, 1.807) is 30.2 Å². The smallest absolute Gasteiger partial charge is 0.256 e. The summed E-state index contributed by atoms with van der Waals surface area (Å²) in [6.07, 6.45) is 7.75. The molecule has 1 aliphatic rings. The second kappa shape index (κ2) is 9.22. The van der Waals surface area contributed by atoms with Crippen LogP contribution in [-0.4, -0.2) is 38.8 Å². The highest BCUT2D eigenvalue weighted by Gasteiger charge is 2.30. The Morgan fingerprint density at radius 3 is 2.88 bits per heavy atom. The van der Waals surface area contributed by atoms with Crippen molar-refractivity contribution in [2.24, 2.45) is 0 Å². The van der Waals surface area contributed by atoms with Gasteiger partial charge in [-0.15, -0.1) is 11.3 Å².